The lowest BCUT2D eigenvalue weighted by atomic mass is 9.90. The van der Waals surface area contributed by atoms with Crippen LogP contribution in [0.2, 0.25) is 0 Å². The Labute approximate surface area is 97.4 Å². The van der Waals surface area contributed by atoms with E-state index in [0.717, 1.165) is 19.1 Å². The van der Waals surface area contributed by atoms with Gasteiger partial charge in [-0.05, 0) is 24.6 Å². The minimum Gasteiger partial charge on any atom is -0.399 e. The number of nitrogens with two attached hydrogens (primary N) is 1. The van der Waals surface area contributed by atoms with Crippen LogP contribution in [0, 0.1) is 6.92 Å². The van der Waals surface area contributed by atoms with E-state index in [0.29, 0.717) is 6.07 Å². The Morgan fingerprint density at radius 2 is 1.33 bits per heavy atom. The van der Waals surface area contributed by atoms with Crippen molar-refractivity contribution in [3.8, 4) is 0 Å². The summed E-state index contributed by atoms with van der Waals surface area (Å²) in [5, 5.41) is 0. The van der Waals surface area contributed by atoms with Crippen molar-refractivity contribution in [1.29, 1.82) is 0 Å². The number of benzene rings is 1. The maximum absolute atomic E-state index is 13.6. The lowest BCUT2D eigenvalue weighted by Crippen LogP contribution is -2.50. The number of aryl methyl sites for hydroxylation is 1. The van der Waals surface area contributed by atoms with Crippen LogP contribution in [-0.2, 0) is 5.67 Å². The molecule has 0 aliphatic carbocycles. The topological polar surface area (TPSA) is 26.0 Å². The molecular weight excluding hydrogens is 267 g/mol. The van der Waals surface area contributed by atoms with Crippen LogP contribution < -0.4 is 5.73 Å². The van der Waals surface area contributed by atoms with Gasteiger partial charge in [-0.25, -0.2) is 4.39 Å². The molecule has 0 spiro atoms. The first kappa shape index (κ1) is 14.6. The van der Waals surface area contributed by atoms with Crippen LogP contribution in [0.1, 0.15) is 11.1 Å². The molecule has 0 saturated heterocycles. The number of rotatable bonds is 1. The van der Waals surface area contributed by atoms with Crippen LogP contribution in [0.3, 0.4) is 0 Å². The van der Waals surface area contributed by atoms with E-state index in [-0.39, 0.29) is 5.69 Å². The Morgan fingerprint density at radius 1 is 0.889 bits per heavy atom. The third kappa shape index (κ3) is 2.11. The fourth-order valence-corrected chi connectivity index (χ4v) is 1.54. The highest BCUT2D eigenvalue weighted by Gasteiger charge is 2.73. The van der Waals surface area contributed by atoms with Gasteiger partial charge >= 0.3 is 18.0 Å². The maximum Gasteiger partial charge on any atom is 0.435 e. The molecule has 0 fully saturated rings. The van der Waals surface area contributed by atoms with Crippen molar-refractivity contribution >= 4 is 5.69 Å². The molecule has 0 saturated carbocycles. The SMILES string of the molecule is Cc1cc(N)ccc1C(F)(C(F)(F)F)C(F)(F)F. The molecule has 0 bridgehead atoms. The molecule has 2 N–H and O–H groups in total. The maximum atomic E-state index is 13.6. The van der Waals surface area contributed by atoms with E-state index < -0.39 is 29.1 Å². The summed E-state index contributed by atoms with van der Waals surface area (Å²) in [4.78, 5) is 0. The minimum atomic E-state index is -6.11. The number of hydrogen-bond acceptors (Lipinski definition) is 1. The number of hydrogen-bond donors (Lipinski definition) is 1. The molecule has 0 unspecified atom stereocenters. The van der Waals surface area contributed by atoms with E-state index in [1.807, 2.05) is 0 Å². The zero-order chi connectivity index (χ0) is 14.4. The summed E-state index contributed by atoms with van der Waals surface area (Å²) >= 11 is 0. The van der Waals surface area contributed by atoms with Crippen LogP contribution in [0.5, 0.6) is 0 Å². The summed E-state index contributed by atoms with van der Waals surface area (Å²) in [5.41, 5.74) is -2.28. The molecule has 1 nitrogen and oxygen atoms in total. The first-order chi connectivity index (χ1) is 7.91. The van der Waals surface area contributed by atoms with Gasteiger partial charge in [0.15, 0.2) is 0 Å². The highest BCUT2D eigenvalue weighted by Crippen LogP contribution is 2.53. The molecule has 0 radical (unpaired) electrons. The van der Waals surface area contributed by atoms with E-state index in [2.05, 4.69) is 0 Å². The Hall–Kier alpha value is -1.47. The third-order valence-electron chi connectivity index (χ3n) is 2.40. The molecule has 0 amide bonds. The number of halogens is 7. The van der Waals surface area contributed by atoms with E-state index in [1.165, 1.54) is 0 Å². The van der Waals surface area contributed by atoms with Crippen LogP contribution >= 0.6 is 0 Å². The van der Waals surface area contributed by atoms with Gasteiger partial charge in [-0.1, -0.05) is 6.07 Å². The summed E-state index contributed by atoms with van der Waals surface area (Å²) in [6, 6.07) is 2.03. The summed E-state index contributed by atoms with van der Waals surface area (Å²) in [7, 11) is 0. The van der Waals surface area contributed by atoms with Crippen LogP contribution in [0.25, 0.3) is 0 Å². The molecule has 1 aromatic carbocycles. The van der Waals surface area contributed by atoms with Crippen molar-refractivity contribution in [2.24, 2.45) is 0 Å². The van der Waals surface area contributed by atoms with Gasteiger partial charge in [0.2, 0.25) is 0 Å². The van der Waals surface area contributed by atoms with Gasteiger partial charge in [0.1, 0.15) is 0 Å². The van der Waals surface area contributed by atoms with Gasteiger partial charge in [-0.3, -0.25) is 0 Å². The van der Waals surface area contributed by atoms with Gasteiger partial charge in [0, 0.05) is 11.3 Å². The molecule has 1 aromatic rings. The fraction of sp³-hybridized carbons (Fsp3) is 0.400. The lowest BCUT2D eigenvalue weighted by molar-refractivity contribution is -0.348. The monoisotopic (exact) mass is 275 g/mol. The molecule has 102 valence electrons. The summed E-state index contributed by atoms with van der Waals surface area (Å²) in [6.45, 7) is 0.928. The average Bonchev–Trinajstić information content (AvgIpc) is 2.12. The quantitative estimate of drug-likeness (QED) is 0.611. The molecule has 0 heterocycles. The number of alkyl halides is 7. The Morgan fingerprint density at radius 3 is 1.67 bits per heavy atom. The second kappa shape index (κ2) is 4.03. The Balaban J connectivity index is 3.56. The van der Waals surface area contributed by atoms with E-state index >= 15 is 0 Å². The molecule has 1 rings (SSSR count). The van der Waals surface area contributed by atoms with Gasteiger partial charge in [-0.15, -0.1) is 0 Å². The smallest absolute Gasteiger partial charge is 0.399 e. The van der Waals surface area contributed by atoms with Gasteiger partial charge in [0.05, 0.1) is 0 Å². The molecule has 0 aliphatic rings. The van der Waals surface area contributed by atoms with Crippen molar-refractivity contribution in [1.82, 2.24) is 0 Å². The number of anilines is 1. The molecule has 8 heteroatoms. The normalized spacial score (nSPS) is 13.8. The third-order valence-corrected chi connectivity index (χ3v) is 2.40. The van der Waals surface area contributed by atoms with Gasteiger partial charge < -0.3 is 5.73 Å². The average molecular weight is 275 g/mol. The number of nitrogen functional groups attached to an aromatic ring is 1. The van der Waals surface area contributed by atoms with Crippen molar-refractivity contribution in [3.05, 3.63) is 29.3 Å². The summed E-state index contributed by atoms with van der Waals surface area (Å²) < 4.78 is 88.3. The Bertz CT molecular complexity index is 433. The lowest BCUT2D eigenvalue weighted by Gasteiger charge is -2.31. The van der Waals surface area contributed by atoms with Gasteiger partial charge in [-0.2, -0.15) is 26.3 Å². The summed E-state index contributed by atoms with van der Waals surface area (Å²) in [6.07, 6.45) is -12.2. The van der Waals surface area contributed by atoms with Crippen LogP contribution in [0.15, 0.2) is 18.2 Å². The van der Waals surface area contributed by atoms with Crippen molar-refractivity contribution in [2.75, 3.05) is 5.73 Å². The standard InChI is InChI=1S/C10H8F7N/c1-5-4-6(18)2-3-7(5)8(11,9(12,13)14)10(15,16)17/h2-4H,18H2,1H3. The van der Waals surface area contributed by atoms with Crippen LogP contribution in [0.4, 0.5) is 36.4 Å². The first-order valence-electron chi connectivity index (χ1n) is 4.60. The van der Waals surface area contributed by atoms with Crippen molar-refractivity contribution in [3.63, 3.8) is 0 Å². The highest BCUT2D eigenvalue weighted by atomic mass is 19.4. The van der Waals surface area contributed by atoms with E-state index in [9.17, 15) is 30.7 Å². The Kier molecular flexibility index (Phi) is 3.27. The molecule has 18 heavy (non-hydrogen) atoms. The first-order valence-corrected chi connectivity index (χ1v) is 4.60. The fourth-order valence-electron chi connectivity index (χ4n) is 1.54. The van der Waals surface area contributed by atoms with Gasteiger partial charge in [0.25, 0.3) is 0 Å². The zero-order valence-corrected chi connectivity index (χ0v) is 8.96. The van der Waals surface area contributed by atoms with E-state index in [1.54, 1.807) is 0 Å². The summed E-state index contributed by atoms with van der Waals surface area (Å²) in [5.74, 6) is 0. The van der Waals surface area contributed by atoms with Crippen molar-refractivity contribution < 1.29 is 30.7 Å². The predicted octanol–water partition coefficient (Wildman–Crippen LogP) is 3.87. The molecule has 0 atom stereocenters. The molecular formula is C10H8F7N. The second-order valence-electron chi connectivity index (χ2n) is 3.73. The van der Waals surface area contributed by atoms with E-state index in [4.69, 9.17) is 5.73 Å². The predicted molar refractivity (Wildman–Crippen MR) is 50.5 cm³/mol. The molecule has 0 aliphatic heterocycles. The largest absolute Gasteiger partial charge is 0.435 e. The second-order valence-corrected chi connectivity index (χ2v) is 3.73. The van der Waals surface area contributed by atoms with Crippen LogP contribution in [-0.4, -0.2) is 12.4 Å². The highest BCUT2D eigenvalue weighted by molar-refractivity contribution is 5.47. The minimum absolute atomic E-state index is 0.0528. The zero-order valence-electron chi connectivity index (χ0n) is 8.96. The van der Waals surface area contributed by atoms with Crippen molar-refractivity contribution in [2.45, 2.75) is 24.9 Å². The molecule has 0 aromatic heterocycles.